The van der Waals surface area contributed by atoms with Crippen molar-refractivity contribution in [1.29, 1.82) is 0 Å². The molecule has 1 N–H and O–H groups in total. The van der Waals surface area contributed by atoms with Gasteiger partial charge in [-0.05, 0) is 35.7 Å². The third kappa shape index (κ3) is 5.21. The Morgan fingerprint density at radius 2 is 1.50 bits per heavy atom. The molecule has 0 saturated carbocycles. The lowest BCUT2D eigenvalue weighted by Crippen LogP contribution is -2.37. The van der Waals surface area contributed by atoms with Crippen molar-refractivity contribution in [2.24, 2.45) is 0 Å². The van der Waals surface area contributed by atoms with E-state index in [-0.39, 0.29) is 11.9 Å². The highest BCUT2D eigenvalue weighted by Crippen LogP contribution is 2.22. The van der Waals surface area contributed by atoms with Crippen LogP contribution in [-0.4, -0.2) is 19.1 Å². The normalized spacial score (nSPS) is 11.8. The van der Waals surface area contributed by atoms with Gasteiger partial charge < -0.3 is 14.8 Å². The summed E-state index contributed by atoms with van der Waals surface area (Å²) in [6.45, 7) is 2.11. The van der Waals surface area contributed by atoms with Crippen molar-refractivity contribution in [3.63, 3.8) is 0 Å². The molecule has 4 heteroatoms. The van der Waals surface area contributed by atoms with E-state index in [0.29, 0.717) is 6.61 Å². The van der Waals surface area contributed by atoms with E-state index in [0.717, 1.165) is 22.4 Å². The Bertz CT molecular complexity index is 841. The zero-order valence-electron chi connectivity index (χ0n) is 16.2. The fourth-order valence-electron chi connectivity index (χ4n) is 2.97. The summed E-state index contributed by atoms with van der Waals surface area (Å²) < 4.78 is 11.0. The van der Waals surface area contributed by atoms with Gasteiger partial charge >= 0.3 is 0 Å². The highest BCUT2D eigenvalue weighted by molar-refractivity contribution is 5.81. The van der Waals surface area contributed by atoms with E-state index in [2.05, 4.69) is 5.32 Å². The predicted octanol–water partition coefficient (Wildman–Crippen LogP) is 4.51. The van der Waals surface area contributed by atoms with Gasteiger partial charge in [0.25, 0.3) is 0 Å². The van der Waals surface area contributed by atoms with Gasteiger partial charge in [0.2, 0.25) is 5.91 Å². The van der Waals surface area contributed by atoms with Crippen LogP contribution in [0.15, 0.2) is 84.9 Å². The fraction of sp³-hybridized carbons (Fsp3) is 0.208. The summed E-state index contributed by atoms with van der Waals surface area (Å²) in [4.78, 5) is 12.8. The van der Waals surface area contributed by atoms with Gasteiger partial charge in [-0.2, -0.15) is 0 Å². The number of carbonyl (C=O) groups is 1. The number of nitrogens with one attached hydrogen (secondary N) is 1. The first-order valence-electron chi connectivity index (χ1n) is 9.32. The van der Waals surface area contributed by atoms with E-state index in [1.165, 1.54) is 0 Å². The van der Waals surface area contributed by atoms with Crippen LogP contribution in [0, 0.1) is 0 Å². The molecule has 0 aliphatic heterocycles. The van der Waals surface area contributed by atoms with Crippen LogP contribution in [0.4, 0.5) is 0 Å². The van der Waals surface area contributed by atoms with Crippen LogP contribution in [0.25, 0.3) is 0 Å². The maximum absolute atomic E-state index is 12.8. The van der Waals surface area contributed by atoms with Crippen LogP contribution in [-0.2, 0) is 16.1 Å². The molecule has 28 heavy (non-hydrogen) atoms. The van der Waals surface area contributed by atoms with Crippen LogP contribution in [0.3, 0.4) is 0 Å². The van der Waals surface area contributed by atoms with Crippen LogP contribution >= 0.6 is 0 Å². The largest absolute Gasteiger partial charge is 0.497 e. The third-order valence-electron chi connectivity index (χ3n) is 4.56. The number of methoxy groups -OCH3 is 1. The molecule has 1 amide bonds. The molecule has 0 saturated heterocycles. The molecule has 3 aromatic carbocycles. The van der Waals surface area contributed by atoms with Crippen LogP contribution in [0.2, 0.25) is 0 Å². The number of benzene rings is 3. The van der Waals surface area contributed by atoms with Crippen molar-refractivity contribution in [3.05, 3.63) is 102 Å². The molecular formula is C24H25NO3. The number of rotatable bonds is 8. The molecule has 0 fully saturated rings. The van der Waals surface area contributed by atoms with E-state index in [9.17, 15) is 4.79 Å². The summed E-state index contributed by atoms with van der Waals surface area (Å²) >= 11 is 0. The lowest BCUT2D eigenvalue weighted by atomic mass is 9.98. The van der Waals surface area contributed by atoms with Gasteiger partial charge in [-0.25, -0.2) is 0 Å². The van der Waals surface area contributed by atoms with Crippen LogP contribution in [0.1, 0.15) is 29.7 Å². The SMILES string of the molecule is COc1cccc(COC(C)C(=O)NC(c2ccccc2)c2ccccc2)c1. The van der Waals surface area contributed by atoms with E-state index < -0.39 is 6.10 Å². The smallest absolute Gasteiger partial charge is 0.249 e. The molecule has 3 rings (SSSR count). The number of hydrogen-bond acceptors (Lipinski definition) is 3. The number of carbonyl (C=O) groups excluding carboxylic acids is 1. The van der Waals surface area contributed by atoms with Gasteiger partial charge in [0.1, 0.15) is 11.9 Å². The first kappa shape index (κ1) is 19.6. The van der Waals surface area contributed by atoms with Gasteiger partial charge in [0.05, 0.1) is 19.8 Å². The van der Waals surface area contributed by atoms with Crippen LogP contribution in [0.5, 0.6) is 5.75 Å². The maximum atomic E-state index is 12.8. The fourth-order valence-corrected chi connectivity index (χ4v) is 2.97. The molecule has 0 aliphatic carbocycles. The van der Waals surface area contributed by atoms with Crippen molar-refractivity contribution in [2.75, 3.05) is 7.11 Å². The Kier molecular flexibility index (Phi) is 6.82. The summed E-state index contributed by atoms with van der Waals surface area (Å²) in [5.41, 5.74) is 3.02. The number of amides is 1. The monoisotopic (exact) mass is 375 g/mol. The van der Waals surface area contributed by atoms with E-state index >= 15 is 0 Å². The molecular weight excluding hydrogens is 350 g/mol. The molecule has 0 bridgehead atoms. The Labute approximate surface area is 166 Å². The second-order valence-electron chi connectivity index (χ2n) is 6.57. The lowest BCUT2D eigenvalue weighted by Gasteiger charge is -2.22. The van der Waals surface area contributed by atoms with Gasteiger partial charge in [0.15, 0.2) is 0 Å². The lowest BCUT2D eigenvalue weighted by molar-refractivity contribution is -0.133. The Balaban J connectivity index is 1.67. The second kappa shape index (κ2) is 9.72. The van der Waals surface area contributed by atoms with E-state index in [4.69, 9.17) is 9.47 Å². The van der Waals surface area contributed by atoms with E-state index in [1.54, 1.807) is 14.0 Å². The van der Waals surface area contributed by atoms with Crippen LogP contribution < -0.4 is 10.1 Å². The van der Waals surface area contributed by atoms with Crippen molar-refractivity contribution < 1.29 is 14.3 Å². The summed E-state index contributed by atoms with van der Waals surface area (Å²) in [5, 5.41) is 3.12. The Morgan fingerprint density at radius 1 is 0.893 bits per heavy atom. The molecule has 0 heterocycles. The minimum atomic E-state index is -0.582. The van der Waals surface area contributed by atoms with Crippen molar-refractivity contribution in [2.45, 2.75) is 25.7 Å². The molecule has 0 radical (unpaired) electrons. The van der Waals surface area contributed by atoms with Crippen molar-refractivity contribution in [1.82, 2.24) is 5.32 Å². The first-order valence-corrected chi connectivity index (χ1v) is 9.32. The first-order chi connectivity index (χ1) is 13.7. The summed E-state index contributed by atoms with van der Waals surface area (Å²) in [6.07, 6.45) is -0.582. The highest BCUT2D eigenvalue weighted by atomic mass is 16.5. The molecule has 3 aromatic rings. The summed E-state index contributed by atoms with van der Waals surface area (Å²) in [5.74, 6) is 0.618. The average molecular weight is 375 g/mol. The molecule has 0 aliphatic rings. The molecule has 4 nitrogen and oxygen atoms in total. The highest BCUT2D eigenvalue weighted by Gasteiger charge is 2.21. The molecule has 144 valence electrons. The van der Waals surface area contributed by atoms with E-state index in [1.807, 2.05) is 84.9 Å². The quantitative estimate of drug-likeness (QED) is 0.630. The average Bonchev–Trinajstić information content (AvgIpc) is 2.77. The van der Waals surface area contributed by atoms with Crippen molar-refractivity contribution in [3.8, 4) is 5.75 Å². The van der Waals surface area contributed by atoms with Gasteiger partial charge in [0, 0.05) is 0 Å². The number of hydrogen-bond donors (Lipinski definition) is 1. The van der Waals surface area contributed by atoms with Gasteiger partial charge in [-0.15, -0.1) is 0 Å². The topological polar surface area (TPSA) is 47.6 Å². The van der Waals surface area contributed by atoms with Gasteiger partial charge in [-0.1, -0.05) is 72.8 Å². The van der Waals surface area contributed by atoms with Gasteiger partial charge in [-0.3, -0.25) is 4.79 Å². The molecule has 1 unspecified atom stereocenters. The zero-order valence-corrected chi connectivity index (χ0v) is 16.2. The Hall–Kier alpha value is -3.11. The minimum absolute atomic E-state index is 0.152. The maximum Gasteiger partial charge on any atom is 0.249 e. The molecule has 0 aromatic heterocycles. The van der Waals surface area contributed by atoms with Crippen molar-refractivity contribution >= 4 is 5.91 Å². The standard InChI is InChI=1S/C24H25NO3/c1-18(28-17-19-10-9-15-22(16-19)27-2)24(26)25-23(20-11-5-3-6-12-20)21-13-7-4-8-14-21/h3-16,18,23H,17H2,1-2H3,(H,25,26). The molecule has 0 spiro atoms. The predicted molar refractivity (Wildman–Crippen MR) is 110 cm³/mol. The summed E-state index contributed by atoms with van der Waals surface area (Å²) in [7, 11) is 1.63. The number of ether oxygens (including phenoxy) is 2. The second-order valence-corrected chi connectivity index (χ2v) is 6.57. The Morgan fingerprint density at radius 3 is 2.07 bits per heavy atom. The summed E-state index contributed by atoms with van der Waals surface area (Å²) in [6, 6.07) is 27.3. The third-order valence-corrected chi connectivity index (χ3v) is 4.56. The zero-order chi connectivity index (χ0) is 19.8. The minimum Gasteiger partial charge on any atom is -0.497 e. The molecule has 1 atom stereocenters.